The largest absolute Gasteiger partial charge is 0.378 e. The molecule has 3 aromatic rings. The molecule has 0 fully saturated rings. The Bertz CT molecular complexity index is 861. The summed E-state index contributed by atoms with van der Waals surface area (Å²) in [5, 5.41) is 0.994. The molecule has 6 heteroatoms. The number of aromatic nitrogens is 3. The lowest BCUT2D eigenvalue weighted by Gasteiger charge is -2.07. The minimum Gasteiger partial charge on any atom is -0.378 e. The molecule has 0 saturated heterocycles. The number of rotatable bonds is 3. The number of hydrogen-bond acceptors (Lipinski definition) is 4. The molecular weight excluding hydrogens is 334 g/mol. The van der Waals surface area contributed by atoms with Crippen LogP contribution in [0, 0.1) is 0 Å². The van der Waals surface area contributed by atoms with E-state index >= 15 is 0 Å². The minimum absolute atomic E-state index is 0.224. The van der Waals surface area contributed by atoms with Crippen molar-refractivity contribution in [2.45, 2.75) is 6.61 Å². The Kier molecular flexibility index (Phi) is 3.81. The van der Waals surface area contributed by atoms with E-state index < -0.39 is 0 Å². The van der Waals surface area contributed by atoms with Gasteiger partial charge >= 0.3 is 0 Å². The molecule has 2 aromatic heterocycles. The van der Waals surface area contributed by atoms with Gasteiger partial charge in [0.05, 0.1) is 17.8 Å². The van der Waals surface area contributed by atoms with Crippen molar-refractivity contribution in [3.8, 4) is 11.4 Å². The second-order valence-corrected chi connectivity index (χ2v) is 5.31. The third kappa shape index (κ3) is 2.72. The molecule has 21 heavy (non-hydrogen) atoms. The monoisotopic (exact) mass is 345 g/mol. The van der Waals surface area contributed by atoms with E-state index in [1.165, 1.54) is 0 Å². The van der Waals surface area contributed by atoms with Gasteiger partial charge in [0.2, 0.25) is 0 Å². The van der Waals surface area contributed by atoms with Crippen molar-refractivity contribution in [1.29, 1.82) is 0 Å². The maximum Gasteiger partial charge on any atom is 0.265 e. The van der Waals surface area contributed by atoms with Gasteiger partial charge in [-0.2, -0.15) is 0 Å². The SMILES string of the molecule is COCc1nc(-c2ccc3ncccc3c2)[nH]c(=O)c1Br. The summed E-state index contributed by atoms with van der Waals surface area (Å²) in [5.41, 5.74) is 2.08. The maximum atomic E-state index is 12.0. The Morgan fingerprint density at radius 3 is 3.00 bits per heavy atom. The fourth-order valence-corrected chi connectivity index (χ4v) is 2.40. The highest BCUT2D eigenvalue weighted by molar-refractivity contribution is 9.10. The first-order valence-electron chi connectivity index (χ1n) is 6.32. The van der Waals surface area contributed by atoms with Gasteiger partial charge in [-0.1, -0.05) is 6.07 Å². The molecule has 2 heterocycles. The van der Waals surface area contributed by atoms with Crippen LogP contribution in [0.4, 0.5) is 0 Å². The first-order chi connectivity index (χ1) is 10.2. The van der Waals surface area contributed by atoms with Crippen molar-refractivity contribution in [3.63, 3.8) is 0 Å². The van der Waals surface area contributed by atoms with Crippen molar-refractivity contribution >= 4 is 26.8 Å². The normalized spacial score (nSPS) is 11.0. The number of H-pyrrole nitrogens is 1. The summed E-state index contributed by atoms with van der Waals surface area (Å²) in [4.78, 5) is 23.5. The molecule has 0 radical (unpaired) electrons. The van der Waals surface area contributed by atoms with Crippen LogP contribution in [0.3, 0.4) is 0 Å². The standard InChI is InChI=1S/C15H12BrN3O2/c1-21-8-12-13(16)15(20)19-14(18-12)10-4-5-11-9(7-10)3-2-6-17-11/h2-7H,8H2,1H3,(H,18,19,20). The van der Waals surface area contributed by atoms with Gasteiger partial charge in [0.1, 0.15) is 10.3 Å². The average molecular weight is 346 g/mol. The number of hydrogen-bond donors (Lipinski definition) is 1. The van der Waals surface area contributed by atoms with Crippen molar-refractivity contribution in [2.24, 2.45) is 0 Å². The highest BCUT2D eigenvalue weighted by atomic mass is 79.9. The predicted molar refractivity (Wildman–Crippen MR) is 84.0 cm³/mol. The number of benzene rings is 1. The molecule has 0 saturated carbocycles. The number of ether oxygens (including phenoxy) is 1. The zero-order chi connectivity index (χ0) is 14.8. The van der Waals surface area contributed by atoms with Gasteiger partial charge in [-0.25, -0.2) is 4.98 Å². The number of fused-ring (bicyclic) bond motifs is 1. The molecule has 0 spiro atoms. The molecule has 1 N–H and O–H groups in total. The molecule has 0 unspecified atom stereocenters. The van der Waals surface area contributed by atoms with E-state index in [1.54, 1.807) is 13.3 Å². The molecule has 0 amide bonds. The first-order valence-corrected chi connectivity index (χ1v) is 7.11. The van der Waals surface area contributed by atoms with Gasteiger partial charge in [0, 0.05) is 24.3 Å². The Hall–Kier alpha value is -2.05. The van der Waals surface area contributed by atoms with Crippen LogP contribution in [0.15, 0.2) is 45.8 Å². The molecule has 106 valence electrons. The highest BCUT2D eigenvalue weighted by Crippen LogP contribution is 2.21. The fourth-order valence-electron chi connectivity index (χ4n) is 2.10. The molecule has 0 atom stereocenters. The van der Waals surface area contributed by atoms with Crippen LogP contribution in [0.25, 0.3) is 22.3 Å². The molecule has 1 aromatic carbocycles. The Morgan fingerprint density at radius 2 is 2.19 bits per heavy atom. The second-order valence-electron chi connectivity index (χ2n) is 4.52. The summed E-state index contributed by atoms with van der Waals surface area (Å²) in [6.45, 7) is 0.270. The molecule has 0 bridgehead atoms. The van der Waals surface area contributed by atoms with E-state index in [1.807, 2.05) is 30.3 Å². The smallest absolute Gasteiger partial charge is 0.265 e. The van der Waals surface area contributed by atoms with Crippen molar-refractivity contribution in [3.05, 3.63) is 57.0 Å². The molecule has 0 aliphatic heterocycles. The van der Waals surface area contributed by atoms with Gasteiger partial charge in [-0.15, -0.1) is 0 Å². The third-order valence-corrected chi connectivity index (χ3v) is 3.91. The topological polar surface area (TPSA) is 67.9 Å². The van der Waals surface area contributed by atoms with E-state index in [9.17, 15) is 4.79 Å². The van der Waals surface area contributed by atoms with Crippen LogP contribution >= 0.6 is 15.9 Å². The first kappa shape index (κ1) is 13.9. The van der Waals surface area contributed by atoms with Crippen molar-refractivity contribution < 1.29 is 4.74 Å². The van der Waals surface area contributed by atoms with E-state index in [4.69, 9.17) is 4.74 Å². The van der Waals surface area contributed by atoms with Gasteiger partial charge in [-0.05, 0) is 40.2 Å². The number of nitrogens with one attached hydrogen (secondary N) is 1. The van der Waals surface area contributed by atoms with E-state index in [-0.39, 0.29) is 12.2 Å². The van der Waals surface area contributed by atoms with E-state index in [2.05, 4.69) is 30.9 Å². The summed E-state index contributed by atoms with van der Waals surface area (Å²) < 4.78 is 5.47. The zero-order valence-electron chi connectivity index (χ0n) is 11.3. The highest BCUT2D eigenvalue weighted by Gasteiger charge is 2.10. The lowest BCUT2D eigenvalue weighted by molar-refractivity contribution is 0.180. The molecular formula is C15H12BrN3O2. The van der Waals surface area contributed by atoms with E-state index in [0.29, 0.717) is 16.0 Å². The van der Waals surface area contributed by atoms with Crippen LogP contribution in [0.5, 0.6) is 0 Å². The molecule has 0 aliphatic carbocycles. The maximum absolute atomic E-state index is 12.0. The van der Waals surface area contributed by atoms with Gasteiger partial charge in [0.25, 0.3) is 5.56 Å². The quantitative estimate of drug-likeness (QED) is 0.792. The molecule has 0 aliphatic rings. The van der Waals surface area contributed by atoms with Crippen molar-refractivity contribution in [2.75, 3.05) is 7.11 Å². The van der Waals surface area contributed by atoms with Crippen LogP contribution in [-0.2, 0) is 11.3 Å². The lowest BCUT2D eigenvalue weighted by atomic mass is 10.1. The van der Waals surface area contributed by atoms with Gasteiger partial charge < -0.3 is 9.72 Å². The summed E-state index contributed by atoms with van der Waals surface area (Å²) in [6.07, 6.45) is 1.75. The number of methoxy groups -OCH3 is 1. The second kappa shape index (κ2) is 5.75. The number of nitrogens with zero attached hydrogens (tertiary/aromatic N) is 2. The van der Waals surface area contributed by atoms with Crippen LogP contribution in [0.1, 0.15) is 5.69 Å². The number of halogens is 1. The van der Waals surface area contributed by atoms with Gasteiger partial charge in [0.15, 0.2) is 0 Å². The summed E-state index contributed by atoms with van der Waals surface area (Å²) in [5.74, 6) is 0.515. The average Bonchev–Trinajstić information content (AvgIpc) is 2.51. The number of pyridine rings is 1. The molecule has 5 nitrogen and oxygen atoms in total. The number of aromatic amines is 1. The predicted octanol–water partition coefficient (Wildman–Crippen LogP) is 2.89. The Balaban J connectivity index is 2.15. The minimum atomic E-state index is -0.224. The Labute approximate surface area is 129 Å². The summed E-state index contributed by atoms with van der Waals surface area (Å²) >= 11 is 3.23. The van der Waals surface area contributed by atoms with Crippen LogP contribution < -0.4 is 5.56 Å². The van der Waals surface area contributed by atoms with Crippen molar-refractivity contribution in [1.82, 2.24) is 15.0 Å². The fraction of sp³-hybridized carbons (Fsp3) is 0.133. The van der Waals surface area contributed by atoms with E-state index in [0.717, 1.165) is 16.5 Å². The molecule has 3 rings (SSSR count). The van der Waals surface area contributed by atoms with Gasteiger partial charge in [-0.3, -0.25) is 9.78 Å². The third-order valence-electron chi connectivity index (χ3n) is 3.09. The summed E-state index contributed by atoms with van der Waals surface area (Å²) in [7, 11) is 1.57. The zero-order valence-corrected chi connectivity index (χ0v) is 12.8. The lowest BCUT2D eigenvalue weighted by Crippen LogP contribution is -2.14. The van der Waals surface area contributed by atoms with Crippen LogP contribution in [-0.4, -0.2) is 22.1 Å². The Morgan fingerprint density at radius 1 is 1.33 bits per heavy atom. The van der Waals surface area contributed by atoms with Crippen LogP contribution in [0.2, 0.25) is 0 Å². The summed E-state index contributed by atoms with van der Waals surface area (Å²) in [6, 6.07) is 9.59.